The van der Waals surface area contributed by atoms with Gasteiger partial charge in [0.2, 0.25) is 11.8 Å². The predicted molar refractivity (Wildman–Crippen MR) is 160 cm³/mol. The number of likely N-dealkylation sites (N-methyl/N-ethyl adjacent to an activating group) is 1. The minimum absolute atomic E-state index is 0.0542. The molecule has 0 aliphatic heterocycles. The van der Waals surface area contributed by atoms with Crippen LogP contribution in [0.15, 0.2) is 88.7 Å². The molecule has 0 radical (unpaired) electrons. The van der Waals surface area contributed by atoms with Crippen molar-refractivity contribution in [2.45, 2.75) is 42.5 Å². The van der Waals surface area contributed by atoms with Crippen LogP contribution in [-0.4, -0.2) is 64.2 Å². The number of nitrogens with zero attached hydrogens (tertiary/aromatic N) is 2. The Morgan fingerprint density at radius 1 is 0.950 bits per heavy atom. The molecule has 3 aromatic rings. The Morgan fingerprint density at radius 2 is 1.60 bits per heavy atom. The number of thioether (sulfide) groups is 1. The highest BCUT2D eigenvalue weighted by Crippen LogP contribution is 2.33. The van der Waals surface area contributed by atoms with Gasteiger partial charge in [-0.25, -0.2) is 8.42 Å². The number of rotatable bonds is 14. The Kier molecular flexibility index (Phi) is 11.5. The van der Waals surface area contributed by atoms with Gasteiger partial charge in [0.1, 0.15) is 18.3 Å². The fraction of sp³-hybridized carbons (Fsp3) is 0.333. The Morgan fingerprint density at radius 3 is 2.20 bits per heavy atom. The van der Waals surface area contributed by atoms with Crippen molar-refractivity contribution in [3.63, 3.8) is 0 Å². The lowest BCUT2D eigenvalue weighted by Gasteiger charge is -2.33. The number of hydrogen-bond acceptors (Lipinski definition) is 6. The number of benzene rings is 3. The lowest BCUT2D eigenvalue weighted by atomic mass is 10.1. The minimum Gasteiger partial charge on any atom is -0.492 e. The quantitative estimate of drug-likeness (QED) is 0.279. The zero-order valence-corrected chi connectivity index (χ0v) is 25.0. The molecule has 0 saturated heterocycles. The van der Waals surface area contributed by atoms with E-state index >= 15 is 0 Å². The highest BCUT2D eigenvalue weighted by molar-refractivity contribution is 7.98. The van der Waals surface area contributed by atoms with Crippen molar-refractivity contribution >= 4 is 39.3 Å². The van der Waals surface area contributed by atoms with Crippen LogP contribution in [0, 0.1) is 0 Å². The average molecular weight is 584 g/mol. The lowest BCUT2D eigenvalue weighted by molar-refractivity contribution is -0.139. The maximum absolute atomic E-state index is 14.1. The van der Waals surface area contributed by atoms with E-state index in [0.29, 0.717) is 25.2 Å². The zero-order valence-electron chi connectivity index (χ0n) is 23.4. The van der Waals surface area contributed by atoms with Crippen molar-refractivity contribution in [3.05, 3.63) is 84.4 Å². The predicted octanol–water partition coefficient (Wildman–Crippen LogP) is 4.60. The first kappa shape index (κ1) is 31.0. The van der Waals surface area contributed by atoms with Crippen molar-refractivity contribution in [3.8, 4) is 5.75 Å². The fourth-order valence-corrected chi connectivity index (χ4v) is 6.22. The van der Waals surface area contributed by atoms with Gasteiger partial charge in [0.15, 0.2) is 0 Å². The van der Waals surface area contributed by atoms with Crippen molar-refractivity contribution < 1.29 is 22.7 Å². The van der Waals surface area contributed by atoms with Crippen LogP contribution in [0.4, 0.5) is 5.69 Å². The maximum Gasteiger partial charge on any atom is 0.264 e. The van der Waals surface area contributed by atoms with Crippen molar-refractivity contribution in [1.29, 1.82) is 0 Å². The molecule has 0 bridgehead atoms. The smallest absolute Gasteiger partial charge is 0.264 e. The number of carbonyl (C=O) groups is 2. The van der Waals surface area contributed by atoms with E-state index in [1.807, 2.05) is 50.4 Å². The molecule has 2 amide bonds. The van der Waals surface area contributed by atoms with Crippen molar-refractivity contribution in [2.24, 2.45) is 0 Å². The van der Waals surface area contributed by atoms with E-state index in [4.69, 9.17) is 4.74 Å². The largest absolute Gasteiger partial charge is 0.492 e. The molecule has 0 unspecified atom stereocenters. The molecule has 0 aliphatic carbocycles. The van der Waals surface area contributed by atoms with Gasteiger partial charge in [-0.15, -0.1) is 11.8 Å². The van der Waals surface area contributed by atoms with Gasteiger partial charge in [-0.3, -0.25) is 13.9 Å². The van der Waals surface area contributed by atoms with E-state index in [0.717, 1.165) is 14.8 Å². The lowest BCUT2D eigenvalue weighted by Crippen LogP contribution is -2.52. The molecule has 214 valence electrons. The first-order valence-electron chi connectivity index (χ1n) is 13.2. The number of sulfonamides is 1. The molecule has 1 atom stereocenters. The van der Waals surface area contributed by atoms with E-state index in [-0.39, 0.29) is 23.0 Å². The van der Waals surface area contributed by atoms with Crippen molar-refractivity contribution in [2.75, 3.05) is 37.3 Å². The monoisotopic (exact) mass is 583 g/mol. The summed E-state index contributed by atoms with van der Waals surface area (Å²) >= 11 is 1.50. The summed E-state index contributed by atoms with van der Waals surface area (Å²) in [6, 6.07) is 22.2. The van der Waals surface area contributed by atoms with Gasteiger partial charge >= 0.3 is 0 Å². The van der Waals surface area contributed by atoms with Gasteiger partial charge in [-0.05, 0) is 68.0 Å². The SMILES string of the molecule is CCOc1ccccc1N(CC(=O)N(CCc1ccccc1)[C@H](CC)C(=O)NC)S(=O)(=O)c1ccc(SC)cc1. The summed E-state index contributed by atoms with van der Waals surface area (Å²) in [4.78, 5) is 29.3. The van der Waals surface area contributed by atoms with Crippen LogP contribution >= 0.6 is 11.8 Å². The number of ether oxygens (including phenoxy) is 1. The molecule has 0 aromatic heterocycles. The van der Waals surface area contributed by atoms with E-state index < -0.39 is 28.5 Å². The topological polar surface area (TPSA) is 96.0 Å². The average Bonchev–Trinajstić information content (AvgIpc) is 2.98. The standard InChI is InChI=1S/C30H37N3O5S2/c1-5-26(30(35)31-3)32(21-20-23-12-8-7-9-13-23)29(34)22-33(27-14-10-11-15-28(27)38-6-2)40(36,37)25-18-16-24(39-4)17-19-25/h7-19,26H,5-6,20-22H2,1-4H3,(H,31,35)/t26-/m1/s1. The molecular weight excluding hydrogens is 546 g/mol. The molecule has 10 heteroatoms. The minimum atomic E-state index is -4.18. The van der Waals surface area contributed by atoms with Gasteiger partial charge in [-0.2, -0.15) is 0 Å². The van der Waals surface area contributed by atoms with Crippen LogP contribution in [0.5, 0.6) is 5.75 Å². The van der Waals surface area contributed by atoms with Crippen LogP contribution in [0.1, 0.15) is 25.8 Å². The van der Waals surface area contributed by atoms with Crippen molar-refractivity contribution in [1.82, 2.24) is 10.2 Å². The first-order valence-corrected chi connectivity index (χ1v) is 15.9. The first-order chi connectivity index (χ1) is 19.3. The number of amides is 2. The molecule has 0 aliphatic rings. The molecule has 3 aromatic carbocycles. The second-order valence-corrected chi connectivity index (χ2v) is 11.7. The Bertz CT molecular complexity index is 1370. The van der Waals surface area contributed by atoms with Gasteiger partial charge < -0.3 is 15.0 Å². The number of para-hydroxylation sites is 2. The van der Waals surface area contributed by atoms with E-state index in [1.165, 1.54) is 35.8 Å². The third-order valence-electron chi connectivity index (χ3n) is 6.48. The van der Waals surface area contributed by atoms with Crippen LogP contribution in [0.3, 0.4) is 0 Å². The maximum atomic E-state index is 14.1. The van der Waals surface area contributed by atoms with Crippen LogP contribution in [0.2, 0.25) is 0 Å². The molecular formula is C30H37N3O5S2. The van der Waals surface area contributed by atoms with Gasteiger partial charge in [0.05, 0.1) is 17.2 Å². The molecule has 0 saturated carbocycles. The summed E-state index contributed by atoms with van der Waals surface area (Å²) in [5.74, 6) is -0.445. The van der Waals surface area contributed by atoms with E-state index in [9.17, 15) is 18.0 Å². The molecule has 1 N–H and O–H groups in total. The van der Waals surface area contributed by atoms with E-state index in [1.54, 1.807) is 36.4 Å². The van der Waals surface area contributed by atoms with Gasteiger partial charge in [-0.1, -0.05) is 49.4 Å². The third-order valence-corrected chi connectivity index (χ3v) is 8.99. The summed E-state index contributed by atoms with van der Waals surface area (Å²) in [5, 5.41) is 2.64. The third kappa shape index (κ3) is 7.57. The summed E-state index contributed by atoms with van der Waals surface area (Å²) in [7, 11) is -2.65. The molecule has 0 heterocycles. The van der Waals surface area contributed by atoms with Gasteiger partial charge in [0, 0.05) is 18.5 Å². The molecule has 40 heavy (non-hydrogen) atoms. The Hall–Kier alpha value is -3.50. The highest BCUT2D eigenvalue weighted by atomic mass is 32.2. The Labute approximate surface area is 241 Å². The summed E-state index contributed by atoms with van der Waals surface area (Å²) in [6.07, 6.45) is 2.80. The summed E-state index contributed by atoms with van der Waals surface area (Å²) < 4.78 is 35.0. The molecule has 0 fully saturated rings. The van der Waals surface area contributed by atoms with E-state index in [2.05, 4.69) is 5.32 Å². The van der Waals surface area contributed by atoms with Crippen LogP contribution in [-0.2, 0) is 26.0 Å². The van der Waals surface area contributed by atoms with Crippen LogP contribution < -0.4 is 14.4 Å². The zero-order chi connectivity index (χ0) is 29.1. The summed E-state index contributed by atoms with van der Waals surface area (Å²) in [5.41, 5.74) is 1.26. The normalized spacial score (nSPS) is 11.9. The number of hydrogen-bond donors (Lipinski definition) is 1. The second kappa shape index (κ2) is 14.8. The number of carbonyl (C=O) groups excluding carboxylic acids is 2. The number of nitrogens with one attached hydrogen (secondary N) is 1. The number of anilines is 1. The van der Waals surface area contributed by atoms with Crippen LogP contribution in [0.25, 0.3) is 0 Å². The molecule has 0 spiro atoms. The fourth-order valence-electron chi connectivity index (χ4n) is 4.39. The van der Waals surface area contributed by atoms with Gasteiger partial charge in [0.25, 0.3) is 10.0 Å². The second-order valence-electron chi connectivity index (χ2n) is 8.95. The summed E-state index contributed by atoms with van der Waals surface area (Å²) in [6.45, 7) is 3.70. The highest BCUT2D eigenvalue weighted by Gasteiger charge is 2.34. The molecule has 8 nitrogen and oxygen atoms in total. The Balaban J connectivity index is 2.06. The molecule has 3 rings (SSSR count).